The number of hydrogen-bond acceptors (Lipinski definition) is 5. The van der Waals surface area contributed by atoms with Crippen molar-refractivity contribution in [3.63, 3.8) is 0 Å². The first kappa shape index (κ1) is 13.1. The minimum atomic E-state index is 0.435. The van der Waals surface area contributed by atoms with Crippen molar-refractivity contribution in [2.45, 2.75) is 20.3 Å². The molecule has 1 aliphatic rings. The Labute approximate surface area is 89.1 Å². The van der Waals surface area contributed by atoms with Crippen molar-refractivity contribution in [2.75, 3.05) is 0 Å². The number of aldehydes is 1. The van der Waals surface area contributed by atoms with E-state index in [1.54, 1.807) is 6.08 Å². The molecule has 0 saturated carbocycles. The van der Waals surface area contributed by atoms with Gasteiger partial charge in [-0.05, 0) is 19.9 Å². The van der Waals surface area contributed by atoms with Crippen molar-refractivity contribution in [3.8, 4) is 0 Å². The highest BCUT2D eigenvalue weighted by Crippen LogP contribution is 2.11. The maximum Gasteiger partial charge on any atom is 0.116 e. The molecule has 1 heterocycles. The van der Waals surface area contributed by atoms with Crippen LogP contribution in [-0.4, -0.2) is 18.3 Å². The van der Waals surface area contributed by atoms with E-state index in [1.165, 1.54) is 6.92 Å². The Hall–Kier alpha value is -1.91. The second kappa shape index (κ2) is 6.53. The van der Waals surface area contributed by atoms with Gasteiger partial charge >= 0.3 is 0 Å². The summed E-state index contributed by atoms with van der Waals surface area (Å²) in [5, 5.41) is 7.03. The summed E-state index contributed by atoms with van der Waals surface area (Å²) in [6, 6.07) is 0. The minimum Gasteiger partial charge on any atom is -0.397 e. The number of aliphatic imine (C=N–C) groups is 1. The summed E-state index contributed by atoms with van der Waals surface area (Å²) < 4.78 is 0. The van der Waals surface area contributed by atoms with Crippen LogP contribution in [0.15, 0.2) is 28.0 Å². The lowest BCUT2D eigenvalue weighted by Gasteiger charge is -1.95. The van der Waals surface area contributed by atoms with Crippen LogP contribution in [-0.2, 0) is 4.79 Å². The molecule has 1 rings (SSSR count). The smallest absolute Gasteiger partial charge is 0.116 e. The highest BCUT2D eigenvalue weighted by atomic mass is 16.1. The van der Waals surface area contributed by atoms with Gasteiger partial charge in [-0.1, -0.05) is 5.57 Å². The Morgan fingerprint density at radius 3 is 2.53 bits per heavy atom. The van der Waals surface area contributed by atoms with Crippen LogP contribution < -0.4 is 11.5 Å². The first-order chi connectivity index (χ1) is 7.04. The molecule has 0 aliphatic carbocycles. The van der Waals surface area contributed by atoms with E-state index < -0.39 is 0 Å². The molecule has 0 spiro atoms. The molecule has 0 unspecified atom stereocenters. The van der Waals surface area contributed by atoms with E-state index in [9.17, 15) is 0 Å². The van der Waals surface area contributed by atoms with Gasteiger partial charge in [-0.25, -0.2) is 4.99 Å². The molecule has 15 heavy (non-hydrogen) atoms. The number of allylic oxidation sites excluding steroid dienone is 2. The molecular formula is C10H16N4O. The van der Waals surface area contributed by atoms with Gasteiger partial charge in [0.25, 0.3) is 0 Å². The first-order valence-electron chi connectivity index (χ1n) is 4.45. The Kier molecular flexibility index (Phi) is 5.70. The van der Waals surface area contributed by atoms with Crippen molar-refractivity contribution in [1.29, 1.82) is 5.41 Å². The van der Waals surface area contributed by atoms with Crippen molar-refractivity contribution < 1.29 is 4.79 Å². The molecule has 0 aromatic rings. The summed E-state index contributed by atoms with van der Waals surface area (Å²) in [5.74, 6) is 0.503. The van der Waals surface area contributed by atoms with Gasteiger partial charge in [-0.15, -0.1) is 0 Å². The van der Waals surface area contributed by atoms with E-state index in [2.05, 4.69) is 4.99 Å². The molecule has 5 heteroatoms. The van der Waals surface area contributed by atoms with E-state index in [-0.39, 0.29) is 0 Å². The number of rotatable bonds is 1. The van der Waals surface area contributed by atoms with Crippen LogP contribution in [0.25, 0.3) is 0 Å². The zero-order valence-corrected chi connectivity index (χ0v) is 8.95. The topological polar surface area (TPSA) is 105 Å². The fourth-order valence-electron chi connectivity index (χ4n) is 1.05. The van der Waals surface area contributed by atoms with Crippen molar-refractivity contribution in [2.24, 2.45) is 16.5 Å². The molecule has 0 saturated heterocycles. The molecule has 0 fully saturated rings. The molecule has 0 atom stereocenters. The zero-order chi connectivity index (χ0) is 11.8. The molecular weight excluding hydrogens is 192 g/mol. The normalized spacial score (nSPS) is 15.3. The predicted octanol–water partition coefficient (Wildman–Crippen LogP) is 0.719. The van der Waals surface area contributed by atoms with Gasteiger partial charge in [-0.2, -0.15) is 0 Å². The number of hydrogen-bond donors (Lipinski definition) is 3. The van der Waals surface area contributed by atoms with Crippen molar-refractivity contribution in [1.82, 2.24) is 0 Å². The number of carbonyl (C=O) groups excluding carboxylic acids is 1. The molecule has 0 aromatic carbocycles. The molecule has 1 aliphatic heterocycles. The molecule has 82 valence electrons. The Bertz CT molecular complexity index is 339. The van der Waals surface area contributed by atoms with Gasteiger partial charge < -0.3 is 21.7 Å². The van der Waals surface area contributed by atoms with E-state index in [0.29, 0.717) is 23.7 Å². The zero-order valence-electron chi connectivity index (χ0n) is 8.95. The van der Waals surface area contributed by atoms with Gasteiger partial charge in [0, 0.05) is 12.6 Å². The first-order valence-corrected chi connectivity index (χ1v) is 4.45. The maximum atomic E-state index is 8.81. The molecule has 5 N–H and O–H groups in total. The van der Waals surface area contributed by atoms with Gasteiger partial charge in [0.15, 0.2) is 0 Å². The standard InChI is InChI=1S/C8H12N4.C2H4O/c1-5-2-6(10)7(4-9)12-8(11)3-5;1-2-3/h2,4,9H,3,10H2,1H3,(H2,11,12);2H,1H3. The SMILES string of the molecule is CC1=CC(N)=C(C=N)N=C(N)C1.CC=O. The van der Waals surface area contributed by atoms with Gasteiger partial charge in [-0.3, -0.25) is 0 Å². The van der Waals surface area contributed by atoms with E-state index in [1.807, 2.05) is 6.92 Å². The highest BCUT2D eigenvalue weighted by molar-refractivity contribution is 5.90. The van der Waals surface area contributed by atoms with Crippen molar-refractivity contribution >= 4 is 18.3 Å². The summed E-state index contributed by atoms with van der Waals surface area (Å²) in [7, 11) is 0. The largest absolute Gasteiger partial charge is 0.397 e. The molecule has 0 bridgehead atoms. The molecule has 0 amide bonds. The third-order valence-corrected chi connectivity index (χ3v) is 1.56. The molecule has 0 aromatic heterocycles. The van der Waals surface area contributed by atoms with Gasteiger partial charge in [0.2, 0.25) is 0 Å². The fourth-order valence-corrected chi connectivity index (χ4v) is 1.05. The summed E-state index contributed by atoms with van der Waals surface area (Å²) >= 11 is 0. The monoisotopic (exact) mass is 208 g/mol. The van der Waals surface area contributed by atoms with Crippen LogP contribution in [0.4, 0.5) is 0 Å². The second-order valence-corrected chi connectivity index (χ2v) is 2.99. The Balaban J connectivity index is 0.000000583. The summed E-state index contributed by atoms with van der Waals surface area (Å²) in [4.78, 5) is 12.8. The number of nitrogens with two attached hydrogens (primary N) is 2. The lowest BCUT2D eigenvalue weighted by Crippen LogP contribution is -2.11. The number of nitrogens with one attached hydrogen (secondary N) is 1. The summed E-state index contributed by atoms with van der Waals surface area (Å²) in [5.41, 5.74) is 13.2. The minimum absolute atomic E-state index is 0.435. The van der Waals surface area contributed by atoms with Crippen LogP contribution in [0, 0.1) is 5.41 Å². The van der Waals surface area contributed by atoms with Crippen LogP contribution in [0.5, 0.6) is 0 Å². The third kappa shape index (κ3) is 4.75. The predicted molar refractivity (Wildman–Crippen MR) is 61.7 cm³/mol. The van der Waals surface area contributed by atoms with Crippen molar-refractivity contribution in [3.05, 3.63) is 23.0 Å². The van der Waals surface area contributed by atoms with Gasteiger partial charge in [0.1, 0.15) is 17.8 Å². The second-order valence-electron chi connectivity index (χ2n) is 2.99. The average molecular weight is 208 g/mol. The lowest BCUT2D eigenvalue weighted by atomic mass is 10.2. The fraction of sp³-hybridized carbons (Fsp3) is 0.300. The molecule has 5 nitrogen and oxygen atoms in total. The van der Waals surface area contributed by atoms with Gasteiger partial charge in [0.05, 0.1) is 5.70 Å². The number of nitrogens with zero attached hydrogens (tertiary/aromatic N) is 1. The molecule has 0 radical (unpaired) electrons. The Morgan fingerprint density at radius 1 is 1.53 bits per heavy atom. The number of amidine groups is 1. The summed E-state index contributed by atoms with van der Waals surface area (Å²) in [6.07, 6.45) is 4.28. The van der Waals surface area contributed by atoms with Crippen LogP contribution >= 0.6 is 0 Å². The number of carbonyl (C=O) groups is 1. The Morgan fingerprint density at radius 2 is 2.07 bits per heavy atom. The third-order valence-electron chi connectivity index (χ3n) is 1.56. The lowest BCUT2D eigenvalue weighted by molar-refractivity contribution is -0.106. The average Bonchev–Trinajstić information content (AvgIpc) is 2.25. The van der Waals surface area contributed by atoms with Crippen LogP contribution in [0.2, 0.25) is 0 Å². The van der Waals surface area contributed by atoms with E-state index in [0.717, 1.165) is 18.1 Å². The highest BCUT2D eigenvalue weighted by Gasteiger charge is 2.05. The van der Waals surface area contributed by atoms with Crippen LogP contribution in [0.3, 0.4) is 0 Å². The van der Waals surface area contributed by atoms with E-state index >= 15 is 0 Å². The summed E-state index contributed by atoms with van der Waals surface area (Å²) in [6.45, 7) is 3.38. The van der Waals surface area contributed by atoms with E-state index in [4.69, 9.17) is 21.7 Å². The van der Waals surface area contributed by atoms with Crippen LogP contribution in [0.1, 0.15) is 20.3 Å². The maximum absolute atomic E-state index is 8.81. The quantitative estimate of drug-likeness (QED) is 0.436.